The van der Waals surface area contributed by atoms with Crippen LogP contribution in [0.3, 0.4) is 0 Å². The molecule has 122 valence electrons. The molecule has 3 atom stereocenters. The van der Waals surface area contributed by atoms with E-state index in [2.05, 4.69) is 35.0 Å². The molecule has 2 aromatic rings. The zero-order valence-corrected chi connectivity index (χ0v) is 15.5. The predicted molar refractivity (Wildman–Crippen MR) is 95.6 cm³/mol. The van der Waals surface area contributed by atoms with Crippen LogP contribution in [0.2, 0.25) is 0 Å². The van der Waals surface area contributed by atoms with Gasteiger partial charge in [0, 0.05) is 11.8 Å². The molecule has 0 aliphatic heterocycles. The summed E-state index contributed by atoms with van der Waals surface area (Å²) >= 11 is 9.60. The van der Waals surface area contributed by atoms with Crippen molar-refractivity contribution in [3.63, 3.8) is 0 Å². The lowest BCUT2D eigenvalue weighted by Gasteiger charge is -2.08. The molecule has 0 saturated heterocycles. The molecule has 0 aromatic heterocycles. The summed E-state index contributed by atoms with van der Waals surface area (Å²) in [7, 11) is 0. The van der Waals surface area contributed by atoms with Crippen LogP contribution in [0.25, 0.3) is 0 Å². The van der Waals surface area contributed by atoms with Crippen molar-refractivity contribution in [3.8, 4) is 0 Å². The first-order valence-corrected chi connectivity index (χ1v) is 9.05. The van der Waals surface area contributed by atoms with E-state index in [1.54, 1.807) is 0 Å². The zero-order chi connectivity index (χ0) is 16.8. The maximum absolute atomic E-state index is 14.1. The second-order valence-electron chi connectivity index (χ2n) is 6.11. The second-order valence-corrected chi connectivity index (χ2v) is 7.51. The highest BCUT2D eigenvalue weighted by Gasteiger charge is 2.64. The number of benzene rings is 2. The van der Waals surface area contributed by atoms with E-state index in [0.717, 1.165) is 23.1 Å². The van der Waals surface area contributed by atoms with Gasteiger partial charge in [0.05, 0.1) is 4.47 Å². The van der Waals surface area contributed by atoms with Crippen LogP contribution in [0.4, 0.5) is 4.39 Å². The Morgan fingerprint density at radius 3 is 2.26 bits per heavy atom. The van der Waals surface area contributed by atoms with Crippen LogP contribution in [0.5, 0.6) is 0 Å². The minimum absolute atomic E-state index is 0.208. The number of hydrogen-bond donors (Lipinski definition) is 1. The molecule has 0 amide bonds. The Morgan fingerprint density at radius 2 is 1.70 bits per heavy atom. The molecule has 1 N–H and O–H groups in total. The number of aryl methyl sites for hydroxylation is 2. The number of hydrogen-bond acceptors (Lipinski definition) is 1. The number of halogens is 3. The van der Waals surface area contributed by atoms with E-state index >= 15 is 0 Å². The Bertz CT molecular complexity index is 727. The molecule has 1 aliphatic carbocycles. The number of alkyl halides is 1. The van der Waals surface area contributed by atoms with E-state index < -0.39 is 5.06 Å². The standard InChI is InChI=1S/C19H19BrClFO/c1-3-11-5-7-13(8-6-11)16-17(19(16,21)23)14-9-12(4-2)18(20)15(22)10-14/h5-10,16-17,23H,3-4H2,1-2H3. The molecule has 1 aliphatic rings. The fourth-order valence-corrected chi connectivity index (χ4v) is 4.21. The van der Waals surface area contributed by atoms with E-state index in [9.17, 15) is 9.50 Å². The van der Waals surface area contributed by atoms with Gasteiger partial charge in [-0.3, -0.25) is 0 Å². The number of rotatable bonds is 4. The highest BCUT2D eigenvalue weighted by Crippen LogP contribution is 2.66. The van der Waals surface area contributed by atoms with Crippen molar-refractivity contribution in [2.45, 2.75) is 43.6 Å². The van der Waals surface area contributed by atoms with Gasteiger partial charge in [-0.1, -0.05) is 55.8 Å². The van der Waals surface area contributed by atoms with Gasteiger partial charge in [0.15, 0.2) is 5.06 Å². The Balaban J connectivity index is 1.95. The van der Waals surface area contributed by atoms with Gasteiger partial charge in [-0.15, -0.1) is 0 Å². The first-order chi connectivity index (χ1) is 10.9. The van der Waals surface area contributed by atoms with Gasteiger partial charge in [0.1, 0.15) is 5.82 Å². The predicted octanol–water partition coefficient (Wildman–Crippen LogP) is 5.52. The highest BCUT2D eigenvalue weighted by atomic mass is 79.9. The third-order valence-corrected chi connectivity index (χ3v) is 6.07. The van der Waals surface area contributed by atoms with Gasteiger partial charge >= 0.3 is 0 Å². The van der Waals surface area contributed by atoms with Gasteiger partial charge in [-0.05, 0) is 57.1 Å². The van der Waals surface area contributed by atoms with Crippen LogP contribution in [0, 0.1) is 5.82 Å². The van der Waals surface area contributed by atoms with Gasteiger partial charge in [0.25, 0.3) is 0 Å². The van der Waals surface area contributed by atoms with Crippen LogP contribution in [-0.2, 0) is 12.8 Å². The van der Waals surface area contributed by atoms with Crippen molar-refractivity contribution < 1.29 is 9.50 Å². The molecule has 3 rings (SSSR count). The zero-order valence-electron chi connectivity index (χ0n) is 13.1. The maximum atomic E-state index is 14.1. The van der Waals surface area contributed by atoms with Gasteiger partial charge in [-0.2, -0.15) is 0 Å². The van der Waals surface area contributed by atoms with Crippen LogP contribution in [0.15, 0.2) is 40.9 Å². The third-order valence-electron chi connectivity index (χ3n) is 4.71. The summed E-state index contributed by atoms with van der Waals surface area (Å²) in [6.07, 6.45) is 1.69. The van der Waals surface area contributed by atoms with E-state index in [1.165, 1.54) is 11.6 Å². The molecule has 1 nitrogen and oxygen atoms in total. The van der Waals surface area contributed by atoms with Crippen molar-refractivity contribution in [3.05, 3.63) is 68.9 Å². The van der Waals surface area contributed by atoms with Crippen LogP contribution in [0.1, 0.15) is 47.9 Å². The van der Waals surface area contributed by atoms with Crippen molar-refractivity contribution in [1.29, 1.82) is 0 Å². The Kier molecular flexibility index (Phi) is 4.56. The molecule has 1 fully saturated rings. The first-order valence-electron chi connectivity index (χ1n) is 7.88. The molecule has 1 saturated carbocycles. The molecule has 3 unspecified atom stereocenters. The van der Waals surface area contributed by atoms with Gasteiger partial charge in [-0.25, -0.2) is 4.39 Å². The summed E-state index contributed by atoms with van der Waals surface area (Å²) in [4.78, 5) is 0. The quantitative estimate of drug-likeness (QED) is 0.673. The van der Waals surface area contributed by atoms with E-state index in [0.29, 0.717) is 10.9 Å². The Hall–Kier alpha value is -0.900. The van der Waals surface area contributed by atoms with Crippen molar-refractivity contribution in [2.24, 2.45) is 0 Å². The van der Waals surface area contributed by atoms with Gasteiger partial charge < -0.3 is 5.11 Å². The summed E-state index contributed by atoms with van der Waals surface area (Å²) in [5.74, 6) is -0.802. The molecular formula is C19H19BrClFO. The molecule has 0 heterocycles. The smallest absolute Gasteiger partial charge is 0.153 e. The maximum Gasteiger partial charge on any atom is 0.153 e. The minimum atomic E-state index is -1.35. The lowest BCUT2D eigenvalue weighted by atomic mass is 10.0. The molecule has 0 radical (unpaired) electrons. The van der Waals surface area contributed by atoms with Crippen LogP contribution >= 0.6 is 27.5 Å². The molecular weight excluding hydrogens is 379 g/mol. The first kappa shape index (κ1) is 16.9. The normalized spacial score (nSPS) is 26.3. The van der Waals surface area contributed by atoms with E-state index in [-0.39, 0.29) is 17.7 Å². The molecule has 2 aromatic carbocycles. The van der Waals surface area contributed by atoms with Crippen LogP contribution in [-0.4, -0.2) is 10.2 Å². The monoisotopic (exact) mass is 396 g/mol. The minimum Gasteiger partial charge on any atom is -0.374 e. The average Bonchev–Trinajstić information content (AvgIpc) is 3.12. The summed E-state index contributed by atoms with van der Waals surface area (Å²) in [6, 6.07) is 11.5. The molecule has 0 bridgehead atoms. The van der Waals surface area contributed by atoms with Crippen molar-refractivity contribution in [1.82, 2.24) is 0 Å². The van der Waals surface area contributed by atoms with E-state index in [1.807, 2.05) is 25.1 Å². The third kappa shape index (κ3) is 2.95. The fourth-order valence-electron chi connectivity index (χ4n) is 3.26. The van der Waals surface area contributed by atoms with Crippen molar-refractivity contribution in [2.75, 3.05) is 0 Å². The summed E-state index contributed by atoms with van der Waals surface area (Å²) in [6.45, 7) is 4.08. The Morgan fingerprint density at radius 1 is 1.09 bits per heavy atom. The van der Waals surface area contributed by atoms with Gasteiger partial charge in [0.2, 0.25) is 0 Å². The molecule has 0 spiro atoms. The summed E-state index contributed by atoms with van der Waals surface area (Å²) in [5.41, 5.74) is 3.88. The van der Waals surface area contributed by atoms with E-state index in [4.69, 9.17) is 11.6 Å². The molecule has 4 heteroatoms. The fraction of sp³-hybridized carbons (Fsp3) is 0.368. The number of aliphatic hydroxyl groups is 1. The highest BCUT2D eigenvalue weighted by molar-refractivity contribution is 9.10. The Labute approximate surface area is 149 Å². The topological polar surface area (TPSA) is 20.2 Å². The van der Waals surface area contributed by atoms with Crippen LogP contribution < -0.4 is 0 Å². The lowest BCUT2D eigenvalue weighted by Crippen LogP contribution is -2.01. The average molecular weight is 398 g/mol. The second kappa shape index (κ2) is 6.19. The molecule has 23 heavy (non-hydrogen) atoms. The van der Waals surface area contributed by atoms with Crippen molar-refractivity contribution >= 4 is 27.5 Å². The SMILES string of the molecule is CCc1ccc(C2C(c3cc(F)c(Br)c(CC)c3)C2(O)Cl)cc1. The largest absolute Gasteiger partial charge is 0.374 e. The summed E-state index contributed by atoms with van der Waals surface area (Å²) < 4.78 is 14.6. The lowest BCUT2D eigenvalue weighted by molar-refractivity contribution is 0.224. The summed E-state index contributed by atoms with van der Waals surface area (Å²) in [5, 5.41) is 9.19.